The van der Waals surface area contributed by atoms with E-state index in [1.165, 1.54) is 4.90 Å². The molecule has 0 bridgehead atoms. The number of amides is 2. The molecule has 0 atom stereocenters. The van der Waals surface area contributed by atoms with Gasteiger partial charge in [-0.25, -0.2) is 4.90 Å². The maximum absolute atomic E-state index is 11.8. The molecule has 1 N–H and O–H groups in total. The van der Waals surface area contributed by atoms with Crippen LogP contribution in [0.4, 0.5) is 5.69 Å². The molecule has 1 saturated heterocycles. The molecule has 0 saturated carbocycles. The van der Waals surface area contributed by atoms with Crippen molar-refractivity contribution in [2.75, 3.05) is 4.90 Å². The summed E-state index contributed by atoms with van der Waals surface area (Å²) in [5.41, 5.74) is 1.61. The molecule has 17 heavy (non-hydrogen) atoms. The number of piperidine rings is 1. The van der Waals surface area contributed by atoms with Crippen molar-refractivity contribution in [3.05, 3.63) is 30.5 Å². The molecule has 4 nitrogen and oxygen atoms in total. The van der Waals surface area contributed by atoms with Gasteiger partial charge in [-0.1, -0.05) is 18.2 Å². The molecule has 2 amide bonds. The zero-order valence-electron chi connectivity index (χ0n) is 9.27. The van der Waals surface area contributed by atoms with Gasteiger partial charge in [-0.3, -0.25) is 9.59 Å². The number of nitrogens with zero attached hydrogens (tertiary/aromatic N) is 1. The first-order valence-corrected chi connectivity index (χ1v) is 5.69. The van der Waals surface area contributed by atoms with Gasteiger partial charge in [-0.15, -0.1) is 0 Å². The molecular weight excluding hydrogens is 216 g/mol. The van der Waals surface area contributed by atoms with Crippen LogP contribution < -0.4 is 4.90 Å². The fraction of sp³-hybridized carbons (Fsp3) is 0.231. The van der Waals surface area contributed by atoms with Crippen molar-refractivity contribution >= 4 is 28.4 Å². The number of rotatable bonds is 1. The van der Waals surface area contributed by atoms with Gasteiger partial charge in [0.05, 0.1) is 5.69 Å². The first-order valence-electron chi connectivity index (χ1n) is 5.69. The number of nitrogens with one attached hydrogen (secondary N) is 1. The molecule has 3 rings (SSSR count). The Bertz CT molecular complexity index is 584. The molecule has 0 spiro atoms. The van der Waals surface area contributed by atoms with Crippen molar-refractivity contribution in [3.63, 3.8) is 0 Å². The average molecular weight is 228 g/mol. The van der Waals surface area contributed by atoms with Gasteiger partial charge in [0.25, 0.3) is 0 Å². The number of carbonyl (C=O) groups excluding carboxylic acids is 2. The monoisotopic (exact) mass is 228 g/mol. The summed E-state index contributed by atoms with van der Waals surface area (Å²) >= 11 is 0. The molecule has 2 heterocycles. The molecule has 1 aliphatic rings. The summed E-state index contributed by atoms with van der Waals surface area (Å²) < 4.78 is 0. The molecule has 2 aromatic rings. The van der Waals surface area contributed by atoms with E-state index in [0.29, 0.717) is 24.9 Å². The van der Waals surface area contributed by atoms with Crippen LogP contribution in [0.15, 0.2) is 30.5 Å². The van der Waals surface area contributed by atoms with Crippen molar-refractivity contribution in [1.29, 1.82) is 0 Å². The number of carbonyl (C=O) groups is 2. The molecule has 1 fully saturated rings. The predicted molar refractivity (Wildman–Crippen MR) is 64.6 cm³/mol. The Morgan fingerprint density at radius 1 is 1.06 bits per heavy atom. The van der Waals surface area contributed by atoms with Crippen LogP contribution in [0.3, 0.4) is 0 Å². The van der Waals surface area contributed by atoms with E-state index in [-0.39, 0.29) is 11.8 Å². The Hall–Kier alpha value is -2.10. The minimum atomic E-state index is -0.106. The number of hydrogen-bond acceptors (Lipinski definition) is 2. The molecule has 0 unspecified atom stereocenters. The highest BCUT2D eigenvalue weighted by atomic mass is 16.2. The molecule has 1 aromatic heterocycles. The first-order chi connectivity index (χ1) is 8.27. The smallest absolute Gasteiger partial charge is 0.233 e. The highest BCUT2D eigenvalue weighted by Gasteiger charge is 2.28. The van der Waals surface area contributed by atoms with Gasteiger partial charge in [0, 0.05) is 29.9 Å². The Balaban J connectivity index is 2.14. The Morgan fingerprint density at radius 2 is 1.76 bits per heavy atom. The number of fused-ring (bicyclic) bond motifs is 1. The van der Waals surface area contributed by atoms with Gasteiger partial charge in [-0.2, -0.15) is 0 Å². The van der Waals surface area contributed by atoms with Crippen LogP contribution in [0.5, 0.6) is 0 Å². The predicted octanol–water partition coefficient (Wildman–Crippen LogP) is 2.21. The van der Waals surface area contributed by atoms with Gasteiger partial charge < -0.3 is 4.98 Å². The van der Waals surface area contributed by atoms with Crippen LogP contribution in [0.1, 0.15) is 19.3 Å². The third kappa shape index (κ3) is 1.53. The van der Waals surface area contributed by atoms with Crippen molar-refractivity contribution < 1.29 is 9.59 Å². The Kier molecular flexibility index (Phi) is 2.21. The van der Waals surface area contributed by atoms with E-state index in [4.69, 9.17) is 0 Å². The molecule has 0 radical (unpaired) electrons. The van der Waals surface area contributed by atoms with E-state index in [1.807, 2.05) is 24.3 Å². The van der Waals surface area contributed by atoms with Crippen LogP contribution in [0, 0.1) is 0 Å². The summed E-state index contributed by atoms with van der Waals surface area (Å²) in [6, 6.07) is 7.66. The van der Waals surface area contributed by atoms with Crippen LogP contribution in [-0.4, -0.2) is 16.8 Å². The lowest BCUT2D eigenvalue weighted by Gasteiger charge is -2.24. The molecule has 1 aliphatic heterocycles. The second-order valence-corrected chi connectivity index (χ2v) is 4.20. The second-order valence-electron chi connectivity index (χ2n) is 4.20. The topological polar surface area (TPSA) is 53.2 Å². The van der Waals surface area contributed by atoms with Crippen LogP contribution in [0.2, 0.25) is 0 Å². The minimum Gasteiger partial charge on any atom is -0.359 e. The summed E-state index contributed by atoms with van der Waals surface area (Å²) in [6.45, 7) is 0. The van der Waals surface area contributed by atoms with Gasteiger partial charge in [0.15, 0.2) is 0 Å². The third-order valence-corrected chi connectivity index (χ3v) is 3.09. The minimum absolute atomic E-state index is 0.106. The highest BCUT2D eigenvalue weighted by molar-refractivity contribution is 6.20. The van der Waals surface area contributed by atoms with Crippen LogP contribution in [-0.2, 0) is 9.59 Å². The van der Waals surface area contributed by atoms with E-state index in [1.54, 1.807) is 6.20 Å². The first kappa shape index (κ1) is 10.1. The number of H-pyrrole nitrogens is 1. The number of hydrogen-bond donors (Lipinski definition) is 1. The van der Waals surface area contributed by atoms with E-state index >= 15 is 0 Å². The van der Waals surface area contributed by atoms with E-state index in [9.17, 15) is 9.59 Å². The van der Waals surface area contributed by atoms with Gasteiger partial charge in [0.2, 0.25) is 11.8 Å². The maximum atomic E-state index is 11.8. The van der Waals surface area contributed by atoms with Crippen LogP contribution >= 0.6 is 0 Å². The van der Waals surface area contributed by atoms with Gasteiger partial charge in [-0.05, 0) is 12.5 Å². The summed E-state index contributed by atoms with van der Waals surface area (Å²) in [6.07, 6.45) is 3.29. The number of benzene rings is 1. The second kappa shape index (κ2) is 3.73. The van der Waals surface area contributed by atoms with Gasteiger partial charge >= 0.3 is 0 Å². The molecule has 86 valence electrons. The Morgan fingerprint density at radius 3 is 2.53 bits per heavy atom. The quantitative estimate of drug-likeness (QED) is 0.761. The lowest BCUT2D eigenvalue weighted by atomic mass is 10.1. The molecule has 0 aliphatic carbocycles. The van der Waals surface area contributed by atoms with E-state index < -0.39 is 0 Å². The van der Waals surface area contributed by atoms with Crippen molar-refractivity contribution in [1.82, 2.24) is 4.98 Å². The highest BCUT2D eigenvalue weighted by Crippen LogP contribution is 2.29. The zero-order chi connectivity index (χ0) is 11.8. The lowest BCUT2D eigenvalue weighted by molar-refractivity contribution is -0.128. The average Bonchev–Trinajstić information content (AvgIpc) is 2.73. The Labute approximate surface area is 98.2 Å². The fourth-order valence-electron chi connectivity index (χ4n) is 2.26. The SMILES string of the molecule is O=C1CCCC(=O)N1c1c[nH]c2ccccc12. The third-order valence-electron chi connectivity index (χ3n) is 3.09. The number of para-hydroxylation sites is 1. The summed E-state index contributed by atoms with van der Waals surface area (Å²) in [7, 11) is 0. The molecule has 4 heteroatoms. The fourth-order valence-corrected chi connectivity index (χ4v) is 2.26. The van der Waals surface area contributed by atoms with E-state index in [2.05, 4.69) is 4.98 Å². The number of aromatic nitrogens is 1. The number of aromatic amines is 1. The van der Waals surface area contributed by atoms with Crippen molar-refractivity contribution in [3.8, 4) is 0 Å². The van der Waals surface area contributed by atoms with E-state index in [0.717, 1.165) is 10.9 Å². The summed E-state index contributed by atoms with van der Waals surface area (Å²) in [5, 5.41) is 0.913. The van der Waals surface area contributed by atoms with Gasteiger partial charge in [0.1, 0.15) is 0 Å². The summed E-state index contributed by atoms with van der Waals surface area (Å²) in [5.74, 6) is -0.211. The standard InChI is InChI=1S/C13H12N2O2/c16-12-6-3-7-13(17)15(12)11-8-14-10-5-2-1-4-9(10)11/h1-2,4-5,8,14H,3,6-7H2. The molecule has 1 aromatic carbocycles. The number of imide groups is 1. The van der Waals surface area contributed by atoms with Crippen molar-refractivity contribution in [2.45, 2.75) is 19.3 Å². The zero-order valence-corrected chi connectivity index (χ0v) is 9.27. The maximum Gasteiger partial charge on any atom is 0.233 e. The molecular formula is C13H12N2O2. The summed E-state index contributed by atoms with van der Waals surface area (Å²) in [4.78, 5) is 28.1. The van der Waals surface area contributed by atoms with Crippen molar-refractivity contribution in [2.24, 2.45) is 0 Å². The number of anilines is 1. The normalized spacial score (nSPS) is 16.8. The van der Waals surface area contributed by atoms with Crippen LogP contribution in [0.25, 0.3) is 10.9 Å². The lowest BCUT2D eigenvalue weighted by Crippen LogP contribution is -2.40. The largest absolute Gasteiger partial charge is 0.359 e.